The van der Waals surface area contributed by atoms with Gasteiger partial charge in [0.15, 0.2) is 0 Å². The number of hydrogen-bond acceptors (Lipinski definition) is 1. The van der Waals surface area contributed by atoms with E-state index in [0.29, 0.717) is 5.92 Å². The lowest BCUT2D eigenvalue weighted by Crippen LogP contribution is -2.41. The highest BCUT2D eigenvalue weighted by Crippen LogP contribution is 2.40. The van der Waals surface area contributed by atoms with Gasteiger partial charge in [-0.3, -0.25) is 0 Å². The van der Waals surface area contributed by atoms with Gasteiger partial charge in [-0.05, 0) is 57.0 Å². The topological polar surface area (TPSA) is 12.0 Å². The number of aryl methyl sites for hydroxylation is 1. The van der Waals surface area contributed by atoms with Crippen LogP contribution in [0.4, 0.5) is 0 Å². The molecular formula is C13H18BrN. The average molecular weight is 268 g/mol. The second-order valence-electron chi connectivity index (χ2n) is 4.91. The minimum absolute atomic E-state index is 0.194. The van der Waals surface area contributed by atoms with Gasteiger partial charge in [0.1, 0.15) is 0 Å². The number of fused-ring (bicyclic) bond motifs is 1. The molecule has 1 atom stereocenters. The molecule has 82 valence electrons. The first-order valence-electron chi connectivity index (χ1n) is 5.52. The molecule has 1 unspecified atom stereocenters. The van der Waals surface area contributed by atoms with Crippen molar-refractivity contribution in [3.63, 3.8) is 0 Å². The monoisotopic (exact) mass is 267 g/mol. The number of nitrogens with one attached hydrogen (secondary N) is 1. The Kier molecular flexibility index (Phi) is 2.91. The Morgan fingerprint density at radius 1 is 1.40 bits per heavy atom. The number of likely N-dealkylation sites (N-methyl/N-ethyl adjacent to an activating group) is 1. The van der Waals surface area contributed by atoms with Crippen molar-refractivity contribution in [1.29, 1.82) is 0 Å². The Morgan fingerprint density at radius 3 is 2.80 bits per heavy atom. The van der Waals surface area contributed by atoms with Gasteiger partial charge in [0.05, 0.1) is 0 Å². The van der Waals surface area contributed by atoms with Crippen molar-refractivity contribution in [1.82, 2.24) is 5.32 Å². The Balaban J connectivity index is 2.37. The largest absolute Gasteiger partial charge is 0.314 e. The summed E-state index contributed by atoms with van der Waals surface area (Å²) in [5.74, 6) is 0.644. The van der Waals surface area contributed by atoms with Gasteiger partial charge in [0.2, 0.25) is 0 Å². The maximum absolute atomic E-state index is 3.54. The van der Waals surface area contributed by atoms with Gasteiger partial charge in [-0.1, -0.05) is 22.0 Å². The maximum Gasteiger partial charge on any atom is 0.0190 e. The molecule has 0 bridgehead atoms. The molecule has 0 aliphatic heterocycles. The fraction of sp³-hybridized carbons (Fsp3) is 0.538. The minimum Gasteiger partial charge on any atom is -0.314 e. The molecule has 1 aliphatic carbocycles. The van der Waals surface area contributed by atoms with Crippen molar-refractivity contribution in [2.45, 2.75) is 38.1 Å². The summed E-state index contributed by atoms with van der Waals surface area (Å²) in [4.78, 5) is 0. The van der Waals surface area contributed by atoms with Gasteiger partial charge in [-0.25, -0.2) is 0 Å². The molecule has 0 fully saturated rings. The molecule has 1 aliphatic rings. The van der Waals surface area contributed by atoms with Crippen LogP contribution in [0.25, 0.3) is 0 Å². The molecule has 0 aromatic heterocycles. The summed E-state index contributed by atoms with van der Waals surface area (Å²) in [6.07, 6.45) is 2.48. The van der Waals surface area contributed by atoms with Crippen LogP contribution in [0.15, 0.2) is 22.7 Å². The summed E-state index contributed by atoms with van der Waals surface area (Å²) in [5.41, 5.74) is 3.23. The summed E-state index contributed by atoms with van der Waals surface area (Å²) < 4.78 is 1.20. The van der Waals surface area contributed by atoms with Crippen LogP contribution in [-0.4, -0.2) is 12.6 Å². The van der Waals surface area contributed by atoms with Gasteiger partial charge in [-0.2, -0.15) is 0 Å². The number of halogens is 1. The maximum atomic E-state index is 3.54. The molecule has 2 heteroatoms. The average Bonchev–Trinajstić information content (AvgIpc) is 2.61. The molecule has 0 saturated heterocycles. The quantitative estimate of drug-likeness (QED) is 0.866. The van der Waals surface area contributed by atoms with Crippen molar-refractivity contribution in [3.05, 3.63) is 33.8 Å². The molecular weight excluding hydrogens is 250 g/mol. The van der Waals surface area contributed by atoms with Crippen molar-refractivity contribution < 1.29 is 0 Å². The highest BCUT2D eigenvalue weighted by molar-refractivity contribution is 9.10. The Hall–Kier alpha value is -0.340. The van der Waals surface area contributed by atoms with Gasteiger partial charge >= 0.3 is 0 Å². The molecule has 1 aromatic rings. The first-order chi connectivity index (χ1) is 7.04. The van der Waals surface area contributed by atoms with E-state index in [9.17, 15) is 0 Å². The zero-order valence-electron chi connectivity index (χ0n) is 9.60. The van der Waals surface area contributed by atoms with Gasteiger partial charge in [0.25, 0.3) is 0 Å². The summed E-state index contributed by atoms with van der Waals surface area (Å²) >= 11 is 3.54. The van der Waals surface area contributed by atoms with Crippen molar-refractivity contribution in [3.8, 4) is 0 Å². The van der Waals surface area contributed by atoms with Gasteiger partial charge in [0, 0.05) is 15.9 Å². The Morgan fingerprint density at radius 2 is 2.13 bits per heavy atom. The highest BCUT2D eigenvalue weighted by Gasteiger charge is 2.34. The lowest BCUT2D eigenvalue weighted by Gasteiger charge is -2.32. The van der Waals surface area contributed by atoms with Gasteiger partial charge < -0.3 is 5.32 Å². The van der Waals surface area contributed by atoms with E-state index in [2.05, 4.69) is 60.3 Å². The zero-order valence-corrected chi connectivity index (χ0v) is 11.2. The molecule has 0 saturated carbocycles. The summed E-state index contributed by atoms with van der Waals surface area (Å²) in [6, 6.07) is 6.69. The van der Waals surface area contributed by atoms with Gasteiger partial charge in [-0.15, -0.1) is 0 Å². The lowest BCUT2D eigenvalue weighted by molar-refractivity contribution is 0.341. The molecule has 2 rings (SSSR count). The SMILES string of the molecule is CNC(C)(C)C1CCc2cc(Br)ccc21. The van der Waals surface area contributed by atoms with Crippen LogP contribution in [0.2, 0.25) is 0 Å². The van der Waals surface area contributed by atoms with Crippen LogP contribution < -0.4 is 5.32 Å². The Labute approximate surface area is 100 Å². The lowest BCUT2D eigenvalue weighted by atomic mass is 9.83. The van der Waals surface area contributed by atoms with Crippen molar-refractivity contribution in [2.24, 2.45) is 0 Å². The third-order valence-corrected chi connectivity index (χ3v) is 4.19. The predicted octanol–water partition coefficient (Wildman–Crippen LogP) is 3.48. The fourth-order valence-corrected chi connectivity index (χ4v) is 2.92. The van der Waals surface area contributed by atoms with Crippen LogP contribution in [0.3, 0.4) is 0 Å². The van der Waals surface area contributed by atoms with Crippen LogP contribution >= 0.6 is 15.9 Å². The molecule has 0 heterocycles. The Bertz CT molecular complexity index is 371. The predicted molar refractivity (Wildman–Crippen MR) is 68.3 cm³/mol. The second-order valence-corrected chi connectivity index (χ2v) is 5.82. The first-order valence-corrected chi connectivity index (χ1v) is 6.31. The van der Waals surface area contributed by atoms with E-state index in [1.807, 2.05) is 0 Å². The first kappa shape index (κ1) is 11.2. The fourth-order valence-electron chi connectivity index (χ4n) is 2.51. The third-order valence-electron chi connectivity index (χ3n) is 3.70. The molecule has 15 heavy (non-hydrogen) atoms. The highest BCUT2D eigenvalue weighted by atomic mass is 79.9. The summed E-state index contributed by atoms with van der Waals surface area (Å²) in [5, 5.41) is 3.43. The molecule has 0 radical (unpaired) electrons. The van der Waals surface area contributed by atoms with Crippen LogP contribution in [-0.2, 0) is 6.42 Å². The van der Waals surface area contributed by atoms with Crippen LogP contribution in [0.5, 0.6) is 0 Å². The van der Waals surface area contributed by atoms with E-state index >= 15 is 0 Å². The van der Waals surface area contributed by atoms with Crippen LogP contribution in [0.1, 0.15) is 37.3 Å². The van der Waals surface area contributed by atoms with Crippen molar-refractivity contribution in [2.75, 3.05) is 7.05 Å². The van der Waals surface area contributed by atoms with E-state index in [4.69, 9.17) is 0 Å². The number of rotatable bonds is 2. The van der Waals surface area contributed by atoms with E-state index < -0.39 is 0 Å². The van der Waals surface area contributed by atoms with E-state index in [1.54, 1.807) is 0 Å². The van der Waals surface area contributed by atoms with E-state index in [0.717, 1.165) is 0 Å². The standard InChI is InChI=1S/C13H18BrN/c1-13(2,15-3)12-7-4-9-8-10(14)5-6-11(9)12/h5-6,8,12,15H,4,7H2,1-3H3. The van der Waals surface area contributed by atoms with Crippen LogP contribution in [0, 0.1) is 0 Å². The smallest absolute Gasteiger partial charge is 0.0190 e. The molecule has 0 amide bonds. The number of benzene rings is 1. The summed E-state index contributed by atoms with van der Waals surface area (Å²) in [6.45, 7) is 4.57. The second kappa shape index (κ2) is 3.91. The minimum atomic E-state index is 0.194. The molecule has 0 spiro atoms. The van der Waals surface area contributed by atoms with E-state index in [-0.39, 0.29) is 5.54 Å². The van der Waals surface area contributed by atoms with Crippen molar-refractivity contribution >= 4 is 15.9 Å². The molecule has 1 aromatic carbocycles. The molecule has 1 nitrogen and oxygen atoms in total. The van der Waals surface area contributed by atoms with E-state index in [1.165, 1.54) is 28.4 Å². The number of hydrogen-bond donors (Lipinski definition) is 1. The molecule has 1 N–H and O–H groups in total. The third kappa shape index (κ3) is 1.98. The zero-order chi connectivity index (χ0) is 11.1. The summed E-state index contributed by atoms with van der Waals surface area (Å²) in [7, 11) is 2.05. The normalized spacial score (nSPS) is 20.4.